The van der Waals surface area contributed by atoms with Crippen LogP contribution in [0.5, 0.6) is 0 Å². The van der Waals surface area contributed by atoms with Crippen LogP contribution in [0.25, 0.3) is 0 Å². The molecule has 2 nitrogen and oxygen atoms in total. The Morgan fingerprint density at radius 1 is 1.55 bits per heavy atom. The molecule has 0 spiro atoms. The van der Waals surface area contributed by atoms with E-state index in [0.717, 1.165) is 18.9 Å². The Morgan fingerprint density at radius 3 is 2.82 bits per heavy atom. The molecule has 0 aromatic carbocycles. The van der Waals surface area contributed by atoms with Crippen molar-refractivity contribution in [2.24, 2.45) is 5.92 Å². The lowest BCUT2D eigenvalue weighted by Crippen LogP contribution is -2.25. The van der Waals surface area contributed by atoms with Crippen LogP contribution in [0.1, 0.15) is 25.7 Å². The minimum Gasteiger partial charge on any atom is -0.355 e. The largest absolute Gasteiger partial charge is 0.355 e. The van der Waals surface area contributed by atoms with Gasteiger partial charge in [0.15, 0.2) is 0 Å². The molecule has 0 aromatic heterocycles. The second-order valence-corrected chi connectivity index (χ2v) is 3.63. The molecule has 0 bridgehead atoms. The van der Waals surface area contributed by atoms with E-state index < -0.39 is 0 Å². The first-order chi connectivity index (χ1) is 5.33. The van der Waals surface area contributed by atoms with Crippen molar-refractivity contribution in [1.29, 1.82) is 0 Å². The standard InChI is InChI=1S/C8H14BrNO/c9-6-8(11)10-5-1-2-7-3-4-7/h7H,1-6H2,(H,10,11). The fourth-order valence-corrected chi connectivity index (χ4v) is 1.27. The number of halogens is 1. The summed E-state index contributed by atoms with van der Waals surface area (Å²) in [5.74, 6) is 1.08. The van der Waals surface area contributed by atoms with E-state index in [1.807, 2.05) is 0 Å². The van der Waals surface area contributed by atoms with E-state index in [1.54, 1.807) is 0 Å². The van der Waals surface area contributed by atoms with Crippen LogP contribution in [-0.4, -0.2) is 17.8 Å². The lowest BCUT2D eigenvalue weighted by molar-refractivity contribution is -0.118. The molecule has 1 aliphatic carbocycles. The van der Waals surface area contributed by atoms with Gasteiger partial charge in [0, 0.05) is 6.54 Å². The number of hydrogen-bond donors (Lipinski definition) is 1. The highest BCUT2D eigenvalue weighted by Crippen LogP contribution is 2.33. The number of rotatable bonds is 5. The molecular weight excluding hydrogens is 206 g/mol. The predicted octanol–water partition coefficient (Wildman–Crippen LogP) is 1.69. The number of alkyl halides is 1. The topological polar surface area (TPSA) is 29.1 Å². The van der Waals surface area contributed by atoms with E-state index >= 15 is 0 Å². The molecule has 0 aromatic rings. The first-order valence-corrected chi connectivity index (χ1v) is 5.27. The Morgan fingerprint density at radius 2 is 2.27 bits per heavy atom. The molecule has 1 aliphatic rings. The molecule has 3 heteroatoms. The Hall–Kier alpha value is -0.0500. The van der Waals surface area contributed by atoms with Crippen molar-refractivity contribution in [3.05, 3.63) is 0 Å². The van der Waals surface area contributed by atoms with Crippen LogP contribution in [0.15, 0.2) is 0 Å². The van der Waals surface area contributed by atoms with Crippen LogP contribution in [-0.2, 0) is 4.79 Å². The first-order valence-electron chi connectivity index (χ1n) is 4.15. The Balaban J connectivity index is 1.82. The van der Waals surface area contributed by atoms with Crippen molar-refractivity contribution in [2.75, 3.05) is 11.9 Å². The monoisotopic (exact) mass is 219 g/mol. The molecule has 0 heterocycles. The van der Waals surface area contributed by atoms with E-state index in [0.29, 0.717) is 5.33 Å². The maximum absolute atomic E-state index is 10.7. The van der Waals surface area contributed by atoms with Gasteiger partial charge in [0.05, 0.1) is 5.33 Å². The van der Waals surface area contributed by atoms with Crippen molar-refractivity contribution in [3.63, 3.8) is 0 Å². The second-order valence-electron chi connectivity index (χ2n) is 3.07. The molecule has 1 saturated carbocycles. The average Bonchev–Trinajstić information content (AvgIpc) is 2.81. The molecule has 1 N–H and O–H groups in total. The maximum atomic E-state index is 10.7. The molecule has 64 valence electrons. The molecule has 1 amide bonds. The molecule has 1 fully saturated rings. The van der Waals surface area contributed by atoms with E-state index in [1.165, 1.54) is 19.3 Å². The third-order valence-electron chi connectivity index (χ3n) is 1.93. The normalized spacial score (nSPS) is 16.5. The van der Waals surface area contributed by atoms with Crippen molar-refractivity contribution in [3.8, 4) is 0 Å². The van der Waals surface area contributed by atoms with Crippen LogP contribution in [0, 0.1) is 5.92 Å². The van der Waals surface area contributed by atoms with Gasteiger partial charge in [-0.3, -0.25) is 4.79 Å². The fourth-order valence-electron chi connectivity index (χ4n) is 1.07. The summed E-state index contributed by atoms with van der Waals surface area (Å²) < 4.78 is 0. The van der Waals surface area contributed by atoms with Crippen LogP contribution in [0.2, 0.25) is 0 Å². The predicted molar refractivity (Wildman–Crippen MR) is 48.8 cm³/mol. The van der Waals surface area contributed by atoms with Gasteiger partial charge in [0.2, 0.25) is 5.91 Å². The SMILES string of the molecule is O=C(CBr)NCCCC1CC1. The smallest absolute Gasteiger partial charge is 0.230 e. The van der Waals surface area contributed by atoms with Crippen molar-refractivity contribution in [1.82, 2.24) is 5.32 Å². The summed E-state index contributed by atoms with van der Waals surface area (Å²) in [6.07, 6.45) is 5.25. The highest BCUT2D eigenvalue weighted by atomic mass is 79.9. The zero-order chi connectivity index (χ0) is 8.10. The van der Waals surface area contributed by atoms with E-state index in [2.05, 4.69) is 21.2 Å². The van der Waals surface area contributed by atoms with Gasteiger partial charge in [0.1, 0.15) is 0 Å². The molecule has 11 heavy (non-hydrogen) atoms. The summed E-state index contributed by atoms with van der Waals surface area (Å²) in [6, 6.07) is 0. The minimum atomic E-state index is 0.0980. The quantitative estimate of drug-likeness (QED) is 0.554. The van der Waals surface area contributed by atoms with Crippen LogP contribution < -0.4 is 5.32 Å². The summed E-state index contributed by atoms with van der Waals surface area (Å²) in [4.78, 5) is 10.7. The first kappa shape index (κ1) is 9.04. The van der Waals surface area contributed by atoms with Gasteiger partial charge in [-0.15, -0.1) is 0 Å². The minimum absolute atomic E-state index is 0.0980. The highest BCUT2D eigenvalue weighted by Gasteiger charge is 2.19. The fraction of sp³-hybridized carbons (Fsp3) is 0.875. The molecular formula is C8H14BrNO. The number of hydrogen-bond acceptors (Lipinski definition) is 1. The summed E-state index contributed by atoms with van der Waals surface area (Å²) in [5.41, 5.74) is 0. The zero-order valence-electron chi connectivity index (χ0n) is 6.61. The molecule has 0 saturated heterocycles. The van der Waals surface area contributed by atoms with E-state index in [9.17, 15) is 4.79 Å². The number of carbonyl (C=O) groups excluding carboxylic acids is 1. The third kappa shape index (κ3) is 4.40. The van der Waals surface area contributed by atoms with Crippen LogP contribution in [0.3, 0.4) is 0 Å². The van der Waals surface area contributed by atoms with Crippen molar-refractivity contribution >= 4 is 21.8 Å². The van der Waals surface area contributed by atoms with Gasteiger partial charge in [-0.25, -0.2) is 0 Å². The molecule has 0 unspecified atom stereocenters. The van der Waals surface area contributed by atoms with Gasteiger partial charge in [0.25, 0.3) is 0 Å². The lowest BCUT2D eigenvalue weighted by Gasteiger charge is -2.00. The average molecular weight is 220 g/mol. The number of amides is 1. The van der Waals surface area contributed by atoms with Gasteiger partial charge in [-0.1, -0.05) is 28.8 Å². The Kier molecular flexibility index (Phi) is 3.91. The summed E-state index contributed by atoms with van der Waals surface area (Å²) >= 11 is 3.10. The lowest BCUT2D eigenvalue weighted by atomic mass is 10.2. The summed E-state index contributed by atoms with van der Waals surface area (Å²) in [6.45, 7) is 0.848. The number of carbonyl (C=O) groups is 1. The molecule has 1 rings (SSSR count). The Labute approximate surface area is 75.9 Å². The van der Waals surface area contributed by atoms with Gasteiger partial charge in [-0.2, -0.15) is 0 Å². The van der Waals surface area contributed by atoms with Crippen molar-refractivity contribution in [2.45, 2.75) is 25.7 Å². The second kappa shape index (κ2) is 4.75. The van der Waals surface area contributed by atoms with Gasteiger partial charge in [-0.05, 0) is 18.8 Å². The van der Waals surface area contributed by atoms with Crippen LogP contribution in [0.4, 0.5) is 0 Å². The van der Waals surface area contributed by atoms with Gasteiger partial charge < -0.3 is 5.32 Å². The molecule has 0 aliphatic heterocycles. The Bertz CT molecular complexity index is 134. The van der Waals surface area contributed by atoms with Crippen molar-refractivity contribution < 1.29 is 4.79 Å². The zero-order valence-corrected chi connectivity index (χ0v) is 8.19. The van der Waals surface area contributed by atoms with E-state index in [-0.39, 0.29) is 5.91 Å². The third-order valence-corrected chi connectivity index (χ3v) is 2.44. The summed E-state index contributed by atoms with van der Waals surface area (Å²) in [7, 11) is 0. The molecule has 0 radical (unpaired) electrons. The molecule has 0 atom stereocenters. The summed E-state index contributed by atoms with van der Waals surface area (Å²) in [5, 5.41) is 3.26. The highest BCUT2D eigenvalue weighted by molar-refractivity contribution is 9.09. The van der Waals surface area contributed by atoms with E-state index in [4.69, 9.17) is 0 Å². The van der Waals surface area contributed by atoms with Gasteiger partial charge >= 0.3 is 0 Å². The van der Waals surface area contributed by atoms with Crippen LogP contribution >= 0.6 is 15.9 Å². The maximum Gasteiger partial charge on any atom is 0.230 e. The number of nitrogens with one attached hydrogen (secondary N) is 1.